The van der Waals surface area contributed by atoms with Gasteiger partial charge in [-0.25, -0.2) is 0 Å². The maximum absolute atomic E-state index is 12.2. The summed E-state index contributed by atoms with van der Waals surface area (Å²) >= 11 is 1.67. The largest absolute Gasteiger partial charge is 0.497 e. The molecule has 1 amide bonds. The average molecular weight is 330 g/mol. The zero-order valence-electron chi connectivity index (χ0n) is 13.3. The summed E-state index contributed by atoms with van der Waals surface area (Å²) in [7, 11) is 1.68. The van der Waals surface area contributed by atoms with Crippen LogP contribution < -0.4 is 10.1 Å². The number of carbonyl (C=O) groups excluding carboxylic acids is 1. The highest BCUT2D eigenvalue weighted by atomic mass is 32.1. The first kappa shape index (κ1) is 16.0. The Bertz CT molecular complexity index is 625. The van der Waals surface area contributed by atoms with Gasteiger partial charge in [-0.3, -0.25) is 9.69 Å². The molecule has 122 valence electrons. The predicted molar refractivity (Wildman–Crippen MR) is 92.7 cm³/mol. The van der Waals surface area contributed by atoms with Gasteiger partial charge in [-0.05, 0) is 48.5 Å². The van der Waals surface area contributed by atoms with Crippen molar-refractivity contribution >= 4 is 17.2 Å². The van der Waals surface area contributed by atoms with Crippen molar-refractivity contribution in [3.8, 4) is 5.75 Å². The van der Waals surface area contributed by atoms with E-state index in [1.807, 2.05) is 29.6 Å². The van der Waals surface area contributed by atoms with Crippen LogP contribution in [0.1, 0.15) is 29.3 Å². The summed E-state index contributed by atoms with van der Waals surface area (Å²) in [6, 6.07) is 12.6. The number of carbonyl (C=O) groups is 1. The van der Waals surface area contributed by atoms with Gasteiger partial charge in [0.15, 0.2) is 0 Å². The minimum atomic E-state index is 0.0961. The third-order valence-corrected chi connectivity index (χ3v) is 5.13. The lowest BCUT2D eigenvalue weighted by Crippen LogP contribution is -2.36. The number of amides is 1. The summed E-state index contributed by atoms with van der Waals surface area (Å²) < 4.78 is 5.21. The second kappa shape index (κ2) is 7.62. The molecule has 2 heterocycles. The van der Waals surface area contributed by atoms with Crippen molar-refractivity contribution in [3.63, 3.8) is 0 Å². The van der Waals surface area contributed by atoms with E-state index in [4.69, 9.17) is 4.74 Å². The van der Waals surface area contributed by atoms with Crippen LogP contribution in [-0.2, 0) is 11.3 Å². The normalized spacial score (nSPS) is 18.0. The molecule has 23 heavy (non-hydrogen) atoms. The van der Waals surface area contributed by atoms with E-state index in [1.165, 1.54) is 10.4 Å². The molecule has 1 aromatic heterocycles. The lowest BCUT2D eigenvalue weighted by atomic mass is 10.0. The molecule has 0 radical (unpaired) electrons. The fourth-order valence-electron chi connectivity index (χ4n) is 3.06. The number of hydrogen-bond donors (Lipinski definition) is 1. The highest BCUT2D eigenvalue weighted by molar-refractivity contribution is 7.09. The quantitative estimate of drug-likeness (QED) is 0.884. The van der Waals surface area contributed by atoms with E-state index in [-0.39, 0.29) is 5.91 Å². The molecule has 0 bridgehead atoms. The summed E-state index contributed by atoms with van der Waals surface area (Å²) in [5.41, 5.74) is 1.26. The minimum absolute atomic E-state index is 0.0961. The summed E-state index contributed by atoms with van der Waals surface area (Å²) in [6.07, 6.45) is 2.24. The Hall–Kier alpha value is -1.85. The Morgan fingerprint density at radius 1 is 1.35 bits per heavy atom. The third kappa shape index (κ3) is 4.12. The third-order valence-electron chi connectivity index (χ3n) is 4.25. The predicted octanol–water partition coefficient (Wildman–Crippen LogP) is 3.21. The number of nitrogens with one attached hydrogen (secondary N) is 1. The number of thiophene rings is 1. The molecule has 0 spiro atoms. The lowest BCUT2D eigenvalue weighted by Gasteiger charge is -2.24. The van der Waals surface area contributed by atoms with Crippen LogP contribution in [0.2, 0.25) is 0 Å². The maximum Gasteiger partial charge on any atom is 0.234 e. The zero-order chi connectivity index (χ0) is 16.1. The summed E-state index contributed by atoms with van der Waals surface area (Å²) in [5, 5.41) is 5.04. The lowest BCUT2D eigenvalue weighted by molar-refractivity contribution is -0.122. The Labute approximate surface area is 141 Å². The van der Waals surface area contributed by atoms with Crippen molar-refractivity contribution in [1.29, 1.82) is 0 Å². The average Bonchev–Trinajstić information content (AvgIpc) is 3.25. The van der Waals surface area contributed by atoms with Crippen LogP contribution in [0.25, 0.3) is 0 Å². The first-order valence-corrected chi connectivity index (χ1v) is 8.81. The van der Waals surface area contributed by atoms with E-state index in [0.29, 0.717) is 19.1 Å². The van der Waals surface area contributed by atoms with Crippen LogP contribution in [0.5, 0.6) is 5.75 Å². The Morgan fingerprint density at radius 3 is 2.87 bits per heavy atom. The Balaban J connectivity index is 1.56. The van der Waals surface area contributed by atoms with E-state index in [1.54, 1.807) is 18.4 Å². The van der Waals surface area contributed by atoms with Gasteiger partial charge in [-0.1, -0.05) is 18.2 Å². The van der Waals surface area contributed by atoms with Crippen molar-refractivity contribution in [3.05, 3.63) is 52.2 Å². The highest BCUT2D eigenvalue weighted by Gasteiger charge is 2.27. The molecule has 1 aliphatic rings. The number of hydrogen-bond acceptors (Lipinski definition) is 4. The number of ether oxygens (including phenoxy) is 1. The Morgan fingerprint density at radius 2 is 2.17 bits per heavy atom. The van der Waals surface area contributed by atoms with Gasteiger partial charge < -0.3 is 10.1 Å². The molecule has 4 nitrogen and oxygen atoms in total. The molecule has 5 heteroatoms. The number of likely N-dealkylation sites (tertiary alicyclic amines) is 1. The molecule has 1 saturated heterocycles. The fraction of sp³-hybridized carbons (Fsp3) is 0.389. The number of benzene rings is 1. The topological polar surface area (TPSA) is 41.6 Å². The number of nitrogens with zero attached hydrogens (tertiary/aromatic N) is 1. The first-order valence-electron chi connectivity index (χ1n) is 7.93. The number of rotatable bonds is 6. The highest BCUT2D eigenvalue weighted by Crippen LogP contribution is 2.32. The van der Waals surface area contributed by atoms with Crippen LogP contribution in [0.3, 0.4) is 0 Å². The second-order valence-corrected chi connectivity index (χ2v) is 6.79. The SMILES string of the molecule is COc1ccc(C2CCCN2CC(=O)NCc2cccs2)cc1. The van der Waals surface area contributed by atoms with Gasteiger partial charge in [0.05, 0.1) is 20.2 Å². The van der Waals surface area contributed by atoms with Crippen LogP contribution in [0, 0.1) is 0 Å². The molecule has 1 fully saturated rings. The fourth-order valence-corrected chi connectivity index (χ4v) is 3.70. The van der Waals surface area contributed by atoms with Crippen molar-refractivity contribution in [2.45, 2.75) is 25.4 Å². The molecule has 0 saturated carbocycles. The monoisotopic (exact) mass is 330 g/mol. The van der Waals surface area contributed by atoms with Crippen molar-refractivity contribution in [1.82, 2.24) is 10.2 Å². The molecular weight excluding hydrogens is 308 g/mol. The molecule has 3 rings (SSSR count). The minimum Gasteiger partial charge on any atom is -0.497 e. The summed E-state index contributed by atoms with van der Waals surface area (Å²) in [5.74, 6) is 0.964. The van der Waals surface area contributed by atoms with Crippen molar-refractivity contribution < 1.29 is 9.53 Å². The molecule has 1 aliphatic heterocycles. The van der Waals surface area contributed by atoms with E-state index >= 15 is 0 Å². The van der Waals surface area contributed by atoms with Crippen LogP contribution >= 0.6 is 11.3 Å². The Kier molecular flexibility index (Phi) is 5.31. The maximum atomic E-state index is 12.2. The van der Waals surface area contributed by atoms with E-state index < -0.39 is 0 Å². The van der Waals surface area contributed by atoms with Crippen LogP contribution in [0.4, 0.5) is 0 Å². The van der Waals surface area contributed by atoms with Gasteiger partial charge in [-0.2, -0.15) is 0 Å². The van der Waals surface area contributed by atoms with Gasteiger partial charge in [0.2, 0.25) is 5.91 Å². The first-order chi connectivity index (χ1) is 11.3. The summed E-state index contributed by atoms with van der Waals surface area (Å²) in [6.45, 7) is 2.06. The van der Waals surface area contributed by atoms with Crippen molar-refractivity contribution in [2.75, 3.05) is 20.2 Å². The van der Waals surface area contributed by atoms with Crippen LogP contribution in [0.15, 0.2) is 41.8 Å². The molecular formula is C18H22N2O2S. The zero-order valence-corrected chi connectivity index (χ0v) is 14.1. The van der Waals surface area contributed by atoms with Crippen LogP contribution in [-0.4, -0.2) is 31.0 Å². The van der Waals surface area contributed by atoms with Crippen molar-refractivity contribution in [2.24, 2.45) is 0 Å². The van der Waals surface area contributed by atoms with Gasteiger partial charge in [0.1, 0.15) is 5.75 Å². The molecule has 1 N–H and O–H groups in total. The molecule has 2 aromatic rings. The second-order valence-electron chi connectivity index (χ2n) is 5.76. The van der Waals surface area contributed by atoms with E-state index in [2.05, 4.69) is 22.3 Å². The van der Waals surface area contributed by atoms with E-state index in [9.17, 15) is 4.79 Å². The van der Waals surface area contributed by atoms with Gasteiger partial charge in [-0.15, -0.1) is 11.3 Å². The molecule has 1 atom stereocenters. The standard InChI is InChI=1S/C18H22N2O2S/c1-22-15-8-6-14(7-9-15)17-5-2-10-20(17)13-18(21)19-12-16-4-3-11-23-16/h3-4,6-9,11,17H,2,5,10,12-13H2,1H3,(H,19,21). The van der Waals surface area contributed by atoms with Gasteiger partial charge in [0, 0.05) is 10.9 Å². The smallest absolute Gasteiger partial charge is 0.234 e. The van der Waals surface area contributed by atoms with E-state index in [0.717, 1.165) is 25.1 Å². The molecule has 1 unspecified atom stereocenters. The molecule has 1 aromatic carbocycles. The van der Waals surface area contributed by atoms with Gasteiger partial charge in [0.25, 0.3) is 0 Å². The van der Waals surface area contributed by atoms with Gasteiger partial charge >= 0.3 is 0 Å². The summed E-state index contributed by atoms with van der Waals surface area (Å²) in [4.78, 5) is 15.7. The molecule has 0 aliphatic carbocycles. The number of methoxy groups -OCH3 is 1.